The van der Waals surface area contributed by atoms with E-state index < -0.39 is 5.54 Å². The summed E-state index contributed by atoms with van der Waals surface area (Å²) in [5.41, 5.74) is 5.39. The third-order valence-corrected chi connectivity index (χ3v) is 2.85. The molecule has 1 aromatic heterocycles. The fraction of sp³-hybridized carbons (Fsp3) is 0.444. The number of thiocarbonyl (C=S) groups is 1. The highest BCUT2D eigenvalue weighted by atomic mass is 32.1. The van der Waals surface area contributed by atoms with Gasteiger partial charge in [0.25, 0.3) is 5.91 Å². The van der Waals surface area contributed by atoms with Crippen molar-refractivity contribution in [2.45, 2.75) is 25.8 Å². The van der Waals surface area contributed by atoms with E-state index >= 15 is 0 Å². The zero-order chi connectivity index (χ0) is 11.5. The maximum Gasteiger partial charge on any atom is 0.255 e. The molecule has 0 saturated carbocycles. The van der Waals surface area contributed by atoms with E-state index in [9.17, 15) is 4.79 Å². The highest BCUT2D eigenvalue weighted by Crippen LogP contribution is 2.10. The Morgan fingerprint density at radius 3 is 2.87 bits per heavy atom. The predicted octanol–water partition coefficient (Wildman–Crippen LogP) is 0.594. The Bertz CT molecular complexity index is 362. The lowest BCUT2D eigenvalue weighted by Crippen LogP contribution is -2.54. The first kappa shape index (κ1) is 11.6. The van der Waals surface area contributed by atoms with Gasteiger partial charge in [-0.05, 0) is 13.3 Å². The third kappa shape index (κ3) is 2.53. The molecule has 15 heavy (non-hydrogen) atoms. The number of carbonyl (C=O) groups excluding carboxylic acids is 1. The number of nitrogens with one attached hydrogen (secondary N) is 2. The summed E-state index contributed by atoms with van der Waals surface area (Å²) in [5, 5.41) is 9.04. The average molecular weight is 226 g/mol. The van der Waals surface area contributed by atoms with Crippen LogP contribution in [0.5, 0.6) is 0 Å². The van der Waals surface area contributed by atoms with Crippen molar-refractivity contribution in [3.8, 4) is 0 Å². The molecule has 82 valence electrons. The molecule has 5 nitrogen and oxygen atoms in total. The number of H-pyrrole nitrogens is 1. The molecule has 6 heteroatoms. The number of hydrogen-bond acceptors (Lipinski definition) is 3. The molecule has 1 unspecified atom stereocenters. The topological polar surface area (TPSA) is 83.8 Å². The Kier molecular flexibility index (Phi) is 3.41. The Labute approximate surface area is 93.4 Å². The first-order chi connectivity index (χ1) is 6.99. The Morgan fingerprint density at radius 1 is 1.80 bits per heavy atom. The van der Waals surface area contributed by atoms with E-state index in [4.69, 9.17) is 18.0 Å². The molecule has 0 aliphatic rings. The van der Waals surface area contributed by atoms with Crippen LogP contribution in [0, 0.1) is 0 Å². The molecular weight excluding hydrogens is 212 g/mol. The lowest BCUT2D eigenvalue weighted by atomic mass is 9.98. The van der Waals surface area contributed by atoms with E-state index in [-0.39, 0.29) is 10.9 Å². The van der Waals surface area contributed by atoms with E-state index in [1.165, 1.54) is 12.4 Å². The van der Waals surface area contributed by atoms with Gasteiger partial charge in [-0.2, -0.15) is 5.10 Å². The predicted molar refractivity (Wildman–Crippen MR) is 61.5 cm³/mol. The van der Waals surface area contributed by atoms with E-state index in [0.717, 1.165) is 0 Å². The summed E-state index contributed by atoms with van der Waals surface area (Å²) in [5.74, 6) is -0.235. The Hall–Kier alpha value is -1.43. The monoisotopic (exact) mass is 226 g/mol. The Balaban J connectivity index is 2.77. The first-order valence-corrected chi connectivity index (χ1v) is 5.01. The molecule has 0 aliphatic heterocycles. The van der Waals surface area contributed by atoms with Gasteiger partial charge in [0.15, 0.2) is 0 Å². The first-order valence-electron chi connectivity index (χ1n) is 4.61. The van der Waals surface area contributed by atoms with E-state index in [0.29, 0.717) is 12.0 Å². The van der Waals surface area contributed by atoms with Crippen molar-refractivity contribution < 1.29 is 4.79 Å². The summed E-state index contributed by atoms with van der Waals surface area (Å²) in [7, 11) is 0. The second-order valence-corrected chi connectivity index (χ2v) is 3.93. The van der Waals surface area contributed by atoms with E-state index in [2.05, 4.69) is 15.5 Å². The molecule has 0 saturated heterocycles. The summed E-state index contributed by atoms with van der Waals surface area (Å²) in [4.78, 5) is 12.0. The van der Waals surface area contributed by atoms with Crippen molar-refractivity contribution in [3.05, 3.63) is 18.0 Å². The lowest BCUT2D eigenvalue weighted by Gasteiger charge is -2.27. The van der Waals surface area contributed by atoms with Gasteiger partial charge in [0.05, 0.1) is 22.3 Å². The van der Waals surface area contributed by atoms with Gasteiger partial charge in [-0.3, -0.25) is 9.89 Å². The number of amides is 1. The van der Waals surface area contributed by atoms with Gasteiger partial charge < -0.3 is 11.1 Å². The van der Waals surface area contributed by atoms with Crippen LogP contribution in [-0.2, 0) is 0 Å². The maximum atomic E-state index is 11.7. The average Bonchev–Trinajstić information content (AvgIpc) is 2.70. The van der Waals surface area contributed by atoms with Crippen molar-refractivity contribution in [1.82, 2.24) is 15.5 Å². The number of nitrogens with zero attached hydrogens (tertiary/aromatic N) is 1. The minimum absolute atomic E-state index is 0.235. The van der Waals surface area contributed by atoms with Gasteiger partial charge in [0, 0.05) is 6.20 Å². The fourth-order valence-corrected chi connectivity index (χ4v) is 1.22. The van der Waals surface area contributed by atoms with E-state index in [1.54, 1.807) is 6.92 Å². The van der Waals surface area contributed by atoms with Gasteiger partial charge in [-0.1, -0.05) is 19.1 Å². The van der Waals surface area contributed by atoms with Crippen molar-refractivity contribution in [1.29, 1.82) is 0 Å². The van der Waals surface area contributed by atoms with Crippen LogP contribution in [0.2, 0.25) is 0 Å². The summed E-state index contributed by atoms with van der Waals surface area (Å²) < 4.78 is 0. The van der Waals surface area contributed by atoms with Crippen LogP contribution in [0.1, 0.15) is 30.6 Å². The molecule has 1 aromatic rings. The zero-order valence-corrected chi connectivity index (χ0v) is 9.52. The lowest BCUT2D eigenvalue weighted by molar-refractivity contribution is 0.0926. The highest BCUT2D eigenvalue weighted by Gasteiger charge is 2.28. The molecule has 1 atom stereocenters. The fourth-order valence-electron chi connectivity index (χ4n) is 1.02. The van der Waals surface area contributed by atoms with Crippen molar-refractivity contribution >= 4 is 23.1 Å². The molecule has 1 heterocycles. The van der Waals surface area contributed by atoms with Gasteiger partial charge in [-0.25, -0.2) is 0 Å². The van der Waals surface area contributed by atoms with Gasteiger partial charge >= 0.3 is 0 Å². The number of carbonyl (C=O) groups is 1. The second-order valence-electron chi connectivity index (χ2n) is 3.49. The van der Waals surface area contributed by atoms with Crippen molar-refractivity contribution in [3.63, 3.8) is 0 Å². The largest absolute Gasteiger partial charge is 0.391 e. The quantitative estimate of drug-likeness (QED) is 0.656. The molecule has 1 rings (SSSR count). The molecule has 1 amide bonds. The summed E-state index contributed by atoms with van der Waals surface area (Å²) in [6.07, 6.45) is 3.61. The minimum atomic E-state index is -0.649. The van der Waals surface area contributed by atoms with Gasteiger partial charge in [0.1, 0.15) is 0 Å². The smallest absolute Gasteiger partial charge is 0.255 e. The molecule has 0 radical (unpaired) electrons. The van der Waals surface area contributed by atoms with Gasteiger partial charge in [-0.15, -0.1) is 0 Å². The van der Waals surface area contributed by atoms with Crippen LogP contribution in [0.4, 0.5) is 0 Å². The number of nitrogens with two attached hydrogens (primary N) is 1. The highest BCUT2D eigenvalue weighted by molar-refractivity contribution is 7.80. The van der Waals surface area contributed by atoms with Crippen molar-refractivity contribution in [2.24, 2.45) is 5.73 Å². The third-order valence-electron chi connectivity index (χ3n) is 2.40. The number of aromatic nitrogens is 2. The molecule has 0 fully saturated rings. The van der Waals surface area contributed by atoms with Crippen LogP contribution < -0.4 is 11.1 Å². The van der Waals surface area contributed by atoms with Crippen LogP contribution in [0.25, 0.3) is 0 Å². The molecule has 4 N–H and O–H groups in total. The number of rotatable bonds is 4. The van der Waals surface area contributed by atoms with E-state index in [1.807, 2.05) is 6.92 Å². The van der Waals surface area contributed by atoms with Crippen LogP contribution >= 0.6 is 12.2 Å². The molecule has 0 spiro atoms. The molecular formula is C9H14N4OS. The van der Waals surface area contributed by atoms with Crippen LogP contribution in [0.3, 0.4) is 0 Å². The zero-order valence-electron chi connectivity index (χ0n) is 8.70. The van der Waals surface area contributed by atoms with Gasteiger partial charge in [0.2, 0.25) is 0 Å². The van der Waals surface area contributed by atoms with Crippen LogP contribution in [-0.4, -0.2) is 26.6 Å². The molecule has 0 aliphatic carbocycles. The molecule has 0 aromatic carbocycles. The second kappa shape index (κ2) is 4.39. The summed E-state index contributed by atoms with van der Waals surface area (Å²) in [6, 6.07) is 0. The standard InChI is InChI=1S/C9H14N4OS/c1-3-9(2,8(10)15)13-7(14)6-4-11-12-5-6/h4-5H,3H2,1-2H3,(H2,10,15)(H,11,12)(H,13,14). The summed E-state index contributed by atoms with van der Waals surface area (Å²) in [6.45, 7) is 3.71. The Morgan fingerprint density at radius 2 is 2.47 bits per heavy atom. The molecule has 0 bridgehead atoms. The minimum Gasteiger partial charge on any atom is -0.391 e. The number of aromatic amines is 1. The normalized spacial score (nSPS) is 14.3. The van der Waals surface area contributed by atoms with Crippen molar-refractivity contribution in [2.75, 3.05) is 0 Å². The SMILES string of the molecule is CCC(C)(NC(=O)c1cn[nH]c1)C(N)=S. The summed E-state index contributed by atoms with van der Waals surface area (Å²) >= 11 is 4.92. The number of hydrogen-bond donors (Lipinski definition) is 3. The van der Waals surface area contributed by atoms with Crippen LogP contribution in [0.15, 0.2) is 12.4 Å². The maximum absolute atomic E-state index is 11.7.